The van der Waals surface area contributed by atoms with E-state index in [-0.39, 0.29) is 0 Å². The van der Waals surface area contributed by atoms with Crippen LogP contribution in [-0.2, 0) is 50.7 Å². The Hall–Kier alpha value is -1.30. The van der Waals surface area contributed by atoms with E-state index in [1.165, 1.54) is 62.6 Å². The Bertz CT molecular complexity index is 828. The second kappa shape index (κ2) is 8.15. The van der Waals surface area contributed by atoms with Crippen LogP contribution in [0.5, 0.6) is 0 Å². The van der Waals surface area contributed by atoms with Gasteiger partial charge in [0.15, 0.2) is 0 Å². The molecule has 0 aliphatic heterocycles. The summed E-state index contributed by atoms with van der Waals surface area (Å²) in [6.07, 6.45) is -8.88. The van der Waals surface area contributed by atoms with Gasteiger partial charge in [-0.1, -0.05) is 0 Å². The van der Waals surface area contributed by atoms with Gasteiger partial charge in [0.2, 0.25) is 0 Å². The zero-order valence-corrected chi connectivity index (χ0v) is 16.7. The van der Waals surface area contributed by atoms with Crippen molar-refractivity contribution < 1.29 is 64.6 Å². The summed E-state index contributed by atoms with van der Waals surface area (Å²) in [5, 5.41) is 0. The first-order valence-corrected chi connectivity index (χ1v) is 8.94. The van der Waals surface area contributed by atoms with E-state index in [1.807, 2.05) is 0 Å². The molecule has 8 heteroatoms. The predicted octanol–water partition coefficient (Wildman–Crippen LogP) is 5.65. The Kier molecular flexibility index (Phi) is 6.58. The van der Waals surface area contributed by atoms with Crippen LogP contribution in [0.25, 0.3) is 11.1 Å². The van der Waals surface area contributed by atoms with E-state index in [9.17, 15) is 26.3 Å². The minimum absolute atomic E-state index is 0.466. The molecule has 2 rings (SSSR count). The van der Waals surface area contributed by atoms with Gasteiger partial charge in [0.25, 0.3) is 0 Å². The second-order valence-corrected chi connectivity index (χ2v) is 6.11. The molecule has 0 unspecified atom stereocenters. The van der Waals surface area contributed by atoms with E-state index in [4.69, 9.17) is 0 Å². The third kappa shape index (κ3) is 4.90. The summed E-state index contributed by atoms with van der Waals surface area (Å²) in [5.74, 6) is 0. The van der Waals surface area contributed by atoms with Crippen molar-refractivity contribution in [1.82, 2.24) is 0 Å². The molecule has 0 aliphatic carbocycles. The Balaban J connectivity index is 2.52. The Labute approximate surface area is 166 Å². The van der Waals surface area contributed by atoms with Gasteiger partial charge in [-0.15, -0.1) is 0 Å². The van der Waals surface area contributed by atoms with Gasteiger partial charge < -0.3 is 0 Å². The van der Waals surface area contributed by atoms with Crippen LogP contribution in [0.2, 0.25) is 0 Å². The third-order valence-corrected chi connectivity index (χ3v) is 4.46. The fourth-order valence-corrected chi connectivity index (χ4v) is 3.24. The van der Waals surface area contributed by atoms with Crippen LogP contribution in [0.15, 0.2) is 48.5 Å². The van der Waals surface area contributed by atoms with Gasteiger partial charge in [0.1, 0.15) is 0 Å². The van der Waals surface area contributed by atoms with E-state index in [2.05, 4.69) is 8.40 Å². The Morgan fingerprint density at radius 2 is 0.846 bits per heavy atom. The topological polar surface area (TPSA) is 0 Å². The molecule has 0 aliphatic rings. The second-order valence-electron chi connectivity index (χ2n) is 5.10. The van der Waals surface area contributed by atoms with Crippen molar-refractivity contribution in [2.45, 2.75) is 12.4 Å². The SMILES string of the molecule is FC(F)(F)c1ccc(/C([C]#[Mo])=C(\[C]#[Mo])c2ccc(C(F)(F)F)cc2)cc1. The van der Waals surface area contributed by atoms with Crippen LogP contribution in [0.1, 0.15) is 22.3 Å². The number of hydrogen-bond acceptors (Lipinski definition) is 0. The molecule has 0 N–H and O–H groups in total. The predicted molar refractivity (Wildman–Crippen MR) is 77.5 cm³/mol. The van der Waals surface area contributed by atoms with E-state index < -0.39 is 23.5 Å². The van der Waals surface area contributed by atoms with Crippen LogP contribution in [-0.4, -0.2) is 0 Å². The van der Waals surface area contributed by atoms with Crippen LogP contribution in [0.3, 0.4) is 0 Å². The van der Waals surface area contributed by atoms with Gasteiger partial charge in [-0.25, -0.2) is 0 Å². The zero-order valence-electron chi connectivity index (χ0n) is 12.7. The summed E-state index contributed by atoms with van der Waals surface area (Å²) in [5.41, 5.74) is 0.308. The first kappa shape index (κ1) is 21.0. The summed E-state index contributed by atoms with van der Waals surface area (Å²) >= 11 is 3.00. The minimum atomic E-state index is -4.44. The fourth-order valence-electron chi connectivity index (χ4n) is 2.16. The van der Waals surface area contributed by atoms with Crippen molar-refractivity contribution in [3.8, 4) is 8.40 Å². The average molecular weight is 530 g/mol. The number of benzene rings is 2. The van der Waals surface area contributed by atoms with Gasteiger partial charge in [0, 0.05) is 0 Å². The van der Waals surface area contributed by atoms with Gasteiger partial charge >= 0.3 is 167 Å². The zero-order chi connectivity index (χ0) is 19.5. The fraction of sp³-hybridized carbons (Fsp3) is 0.111. The van der Waals surface area contributed by atoms with Gasteiger partial charge in [-0.3, -0.25) is 0 Å². The van der Waals surface area contributed by atoms with Crippen LogP contribution in [0.4, 0.5) is 26.3 Å². The number of halogens is 6. The van der Waals surface area contributed by atoms with Crippen molar-refractivity contribution in [1.29, 1.82) is 0 Å². The molecule has 26 heavy (non-hydrogen) atoms. The molecule has 134 valence electrons. The first-order chi connectivity index (χ1) is 12.1. The first-order valence-electron chi connectivity index (χ1n) is 6.93. The molecule has 0 aromatic heterocycles. The van der Waals surface area contributed by atoms with Gasteiger partial charge in [0.05, 0.1) is 0 Å². The standard InChI is InChI=1S/C18H8F6.2Mo/c1-11(13-3-7-15(8-4-13)17(19,20)21)12(2)14-5-9-16(10-6-14)18(22,23)24;;/h3-10H;;/b12-11+;;. The van der Waals surface area contributed by atoms with Crippen molar-refractivity contribution in [3.05, 3.63) is 70.8 Å². The van der Waals surface area contributed by atoms with Gasteiger partial charge in [-0.2, -0.15) is 0 Å². The molecule has 0 bridgehead atoms. The molecule has 0 fully saturated rings. The number of hydrogen-bond donors (Lipinski definition) is 0. The molecule has 0 amide bonds. The molecule has 0 nitrogen and oxygen atoms in total. The molecule has 2 aromatic rings. The molecule has 0 saturated carbocycles. The quantitative estimate of drug-likeness (QED) is 0.268. The van der Waals surface area contributed by atoms with Crippen LogP contribution in [0, 0.1) is 8.40 Å². The number of alkyl halides is 6. The summed E-state index contributed by atoms with van der Waals surface area (Å²) < 4.78 is 82.0. The van der Waals surface area contributed by atoms with Crippen molar-refractivity contribution in [3.63, 3.8) is 0 Å². The van der Waals surface area contributed by atoms with Crippen LogP contribution < -0.4 is 0 Å². The van der Waals surface area contributed by atoms with E-state index in [1.54, 1.807) is 0 Å². The Morgan fingerprint density at radius 3 is 1.04 bits per heavy atom. The molecule has 0 radical (unpaired) electrons. The summed E-state index contributed by atoms with van der Waals surface area (Å²) in [7, 11) is 0. The van der Waals surface area contributed by atoms with E-state index in [0.29, 0.717) is 22.3 Å². The summed E-state index contributed by atoms with van der Waals surface area (Å²) in [6, 6.07) is 9.03. The molecule has 0 spiro atoms. The summed E-state index contributed by atoms with van der Waals surface area (Å²) in [4.78, 5) is 0. The van der Waals surface area contributed by atoms with Crippen molar-refractivity contribution >= 4 is 11.1 Å². The van der Waals surface area contributed by atoms with E-state index in [0.717, 1.165) is 24.3 Å². The monoisotopic (exact) mass is 534 g/mol. The maximum atomic E-state index is 12.7. The average Bonchev–Trinajstić information content (AvgIpc) is 2.58. The molecule has 2 aromatic carbocycles. The molecular weight excluding hydrogens is 522 g/mol. The van der Waals surface area contributed by atoms with Crippen LogP contribution >= 0.6 is 0 Å². The maximum absolute atomic E-state index is 12.7. The Morgan fingerprint density at radius 1 is 0.577 bits per heavy atom. The normalized spacial score (nSPS) is 12.8. The summed E-state index contributed by atoms with van der Waals surface area (Å²) in [6.45, 7) is 0. The van der Waals surface area contributed by atoms with Gasteiger partial charge in [-0.05, 0) is 0 Å². The van der Waals surface area contributed by atoms with Crippen molar-refractivity contribution in [2.24, 2.45) is 0 Å². The molecule has 0 heterocycles. The molecule has 0 saturated heterocycles. The number of allylic oxidation sites excluding steroid dienone is 2. The molecular formula is C18H8F6Mo2. The van der Waals surface area contributed by atoms with Crippen molar-refractivity contribution in [2.75, 3.05) is 0 Å². The molecule has 0 atom stereocenters. The van der Waals surface area contributed by atoms with E-state index >= 15 is 0 Å². The number of rotatable bonds is 2. The third-order valence-electron chi connectivity index (χ3n) is 3.46.